The van der Waals surface area contributed by atoms with Crippen LogP contribution in [0.2, 0.25) is 0 Å². The number of aromatic nitrogens is 2. The Balaban J connectivity index is 1.72. The predicted octanol–water partition coefficient (Wildman–Crippen LogP) is 5.83. The van der Waals surface area contributed by atoms with E-state index in [4.69, 9.17) is 4.74 Å². The summed E-state index contributed by atoms with van der Waals surface area (Å²) >= 11 is 3.39. The topological polar surface area (TPSA) is 99.6 Å². The lowest BCUT2D eigenvalue weighted by molar-refractivity contribution is -0.385. The van der Waals surface area contributed by atoms with Crippen LogP contribution in [-0.4, -0.2) is 20.8 Å². The molecule has 0 aliphatic heterocycles. The maximum absolute atomic E-state index is 13.3. The maximum atomic E-state index is 13.3. The lowest BCUT2D eigenvalue weighted by Gasteiger charge is -2.20. The van der Waals surface area contributed by atoms with Crippen LogP contribution >= 0.6 is 15.9 Å². The van der Waals surface area contributed by atoms with Gasteiger partial charge in [-0.1, -0.05) is 67.0 Å². The van der Waals surface area contributed by atoms with Gasteiger partial charge in [0.15, 0.2) is 5.75 Å². The molecule has 0 saturated heterocycles. The molecular weight excluding hydrogens is 512 g/mol. The van der Waals surface area contributed by atoms with Crippen molar-refractivity contribution in [3.8, 4) is 5.75 Å². The van der Waals surface area contributed by atoms with Crippen molar-refractivity contribution in [1.29, 1.82) is 0 Å². The van der Waals surface area contributed by atoms with Crippen molar-refractivity contribution in [2.75, 3.05) is 0 Å². The first-order chi connectivity index (χ1) is 16.6. The fourth-order valence-corrected chi connectivity index (χ4v) is 3.84. The molecule has 4 rings (SSSR count). The average Bonchev–Trinajstić information content (AvgIpc) is 2.82. The van der Waals surface area contributed by atoms with Gasteiger partial charge in [0.1, 0.15) is 12.4 Å². The van der Waals surface area contributed by atoms with Gasteiger partial charge in [0.2, 0.25) is 0 Å². The summed E-state index contributed by atoms with van der Waals surface area (Å²) in [5.74, 6) is 0.631. The summed E-state index contributed by atoms with van der Waals surface area (Å²) in [6, 6.07) is 19.3. The van der Waals surface area contributed by atoms with E-state index in [2.05, 4.69) is 26.0 Å². The first kappa shape index (κ1) is 24.3. The number of fused-ring (bicyclic) bond motifs is 1. The molecule has 0 saturated carbocycles. The van der Waals surface area contributed by atoms with E-state index in [9.17, 15) is 14.9 Å². The number of hydrogen-bond acceptors (Lipinski definition) is 6. The van der Waals surface area contributed by atoms with Gasteiger partial charge in [-0.25, -0.2) is 4.98 Å². The maximum Gasteiger partial charge on any atom is 0.311 e. The molecule has 0 atom stereocenters. The van der Waals surface area contributed by atoms with Crippen LogP contribution in [0, 0.1) is 10.1 Å². The monoisotopic (exact) mass is 534 g/mol. The van der Waals surface area contributed by atoms with Crippen LogP contribution in [0.5, 0.6) is 5.75 Å². The molecule has 0 unspecified atom stereocenters. The number of rotatable bonds is 6. The highest BCUT2D eigenvalue weighted by molar-refractivity contribution is 9.10. The summed E-state index contributed by atoms with van der Waals surface area (Å²) in [5, 5.41) is 16.5. The van der Waals surface area contributed by atoms with Gasteiger partial charge in [0.05, 0.1) is 22.0 Å². The van der Waals surface area contributed by atoms with Gasteiger partial charge in [-0.05, 0) is 35.9 Å². The number of hydrogen-bond donors (Lipinski definition) is 0. The van der Waals surface area contributed by atoms with E-state index in [1.54, 1.807) is 18.2 Å². The van der Waals surface area contributed by atoms with E-state index in [1.165, 1.54) is 23.0 Å². The van der Waals surface area contributed by atoms with E-state index in [1.807, 2.05) is 57.2 Å². The average molecular weight is 535 g/mol. The van der Waals surface area contributed by atoms with Crippen molar-refractivity contribution >= 4 is 38.7 Å². The molecule has 0 amide bonds. The number of benzene rings is 3. The zero-order valence-corrected chi connectivity index (χ0v) is 21.0. The Labute approximate surface area is 210 Å². The number of nitro benzene ring substituents is 1. The van der Waals surface area contributed by atoms with Gasteiger partial charge in [-0.2, -0.15) is 9.78 Å². The standard InChI is InChI=1S/C26H23BrN4O4/c1-26(2,3)25-29-21-11-10-19(27)14-20(21)24(32)30(25)28-15-18-9-12-23(22(13-18)31(33)34)35-16-17-7-5-4-6-8-17/h4-15H,16H2,1-3H3. The van der Waals surface area contributed by atoms with E-state index < -0.39 is 10.3 Å². The van der Waals surface area contributed by atoms with Crippen LogP contribution in [0.4, 0.5) is 5.69 Å². The van der Waals surface area contributed by atoms with Gasteiger partial charge >= 0.3 is 5.69 Å². The van der Waals surface area contributed by atoms with E-state index in [-0.39, 0.29) is 23.6 Å². The normalized spacial score (nSPS) is 11.8. The van der Waals surface area contributed by atoms with Crippen molar-refractivity contribution in [2.45, 2.75) is 32.8 Å². The number of halogens is 1. The molecule has 1 heterocycles. The highest BCUT2D eigenvalue weighted by atomic mass is 79.9. The quantitative estimate of drug-likeness (QED) is 0.176. The van der Waals surface area contributed by atoms with Crippen molar-refractivity contribution in [2.24, 2.45) is 5.10 Å². The molecule has 0 fully saturated rings. The Hall–Kier alpha value is -3.85. The van der Waals surface area contributed by atoms with Crippen LogP contribution < -0.4 is 10.3 Å². The van der Waals surface area contributed by atoms with Crippen LogP contribution in [0.1, 0.15) is 37.7 Å². The van der Waals surface area contributed by atoms with Gasteiger partial charge in [0.25, 0.3) is 5.56 Å². The van der Waals surface area contributed by atoms with Crippen molar-refractivity contribution in [3.63, 3.8) is 0 Å². The van der Waals surface area contributed by atoms with Crippen molar-refractivity contribution in [1.82, 2.24) is 9.66 Å². The Kier molecular flexibility index (Phi) is 6.79. The molecule has 3 aromatic carbocycles. The SMILES string of the molecule is CC(C)(C)c1nc2ccc(Br)cc2c(=O)n1N=Cc1ccc(OCc2ccccc2)c([N+](=O)[O-])c1. The minimum Gasteiger partial charge on any atom is -0.482 e. The van der Waals surface area contributed by atoms with Crippen LogP contribution in [0.3, 0.4) is 0 Å². The van der Waals surface area contributed by atoms with Gasteiger partial charge in [-0.3, -0.25) is 14.9 Å². The molecule has 0 radical (unpaired) electrons. The van der Waals surface area contributed by atoms with Crippen molar-refractivity contribution in [3.05, 3.63) is 109 Å². The largest absolute Gasteiger partial charge is 0.482 e. The van der Waals surface area contributed by atoms with Crippen LogP contribution in [0.15, 0.2) is 81.1 Å². The first-order valence-corrected chi connectivity index (χ1v) is 11.6. The molecule has 0 bridgehead atoms. The summed E-state index contributed by atoms with van der Waals surface area (Å²) in [6.07, 6.45) is 1.41. The fraction of sp³-hybridized carbons (Fsp3) is 0.192. The zero-order chi connectivity index (χ0) is 25.2. The van der Waals surface area contributed by atoms with E-state index >= 15 is 0 Å². The Morgan fingerprint density at radius 2 is 1.86 bits per heavy atom. The summed E-state index contributed by atoms with van der Waals surface area (Å²) in [6.45, 7) is 6.03. The second-order valence-corrected chi connectivity index (χ2v) is 9.88. The molecule has 9 heteroatoms. The molecule has 0 aliphatic carbocycles. The lowest BCUT2D eigenvalue weighted by atomic mass is 9.95. The second kappa shape index (κ2) is 9.79. The molecule has 8 nitrogen and oxygen atoms in total. The van der Waals surface area contributed by atoms with Gasteiger partial charge in [0, 0.05) is 21.5 Å². The zero-order valence-electron chi connectivity index (χ0n) is 19.4. The third kappa shape index (κ3) is 5.46. The summed E-state index contributed by atoms with van der Waals surface area (Å²) in [4.78, 5) is 29.1. The van der Waals surface area contributed by atoms with Crippen LogP contribution in [0.25, 0.3) is 10.9 Å². The van der Waals surface area contributed by atoms with Gasteiger partial charge in [-0.15, -0.1) is 0 Å². The molecule has 0 spiro atoms. The molecule has 0 N–H and O–H groups in total. The van der Waals surface area contributed by atoms with E-state index in [0.717, 1.165) is 10.0 Å². The molecule has 35 heavy (non-hydrogen) atoms. The second-order valence-electron chi connectivity index (χ2n) is 8.97. The minimum absolute atomic E-state index is 0.153. The first-order valence-electron chi connectivity index (χ1n) is 10.9. The number of ether oxygens (including phenoxy) is 1. The lowest BCUT2D eigenvalue weighted by Crippen LogP contribution is -2.29. The Bertz CT molecular complexity index is 1490. The molecule has 1 aromatic heterocycles. The van der Waals surface area contributed by atoms with E-state index in [0.29, 0.717) is 22.3 Å². The fourth-order valence-electron chi connectivity index (χ4n) is 3.48. The van der Waals surface area contributed by atoms with Crippen LogP contribution in [-0.2, 0) is 12.0 Å². The van der Waals surface area contributed by atoms with Gasteiger partial charge < -0.3 is 4.74 Å². The number of nitro groups is 1. The highest BCUT2D eigenvalue weighted by Crippen LogP contribution is 2.28. The summed E-state index contributed by atoms with van der Waals surface area (Å²) in [5.41, 5.74) is 0.939. The third-order valence-corrected chi connectivity index (χ3v) is 5.71. The van der Waals surface area contributed by atoms with Crippen molar-refractivity contribution < 1.29 is 9.66 Å². The molecule has 4 aromatic rings. The summed E-state index contributed by atoms with van der Waals surface area (Å²) in [7, 11) is 0. The molecular formula is C26H23BrN4O4. The predicted molar refractivity (Wildman–Crippen MR) is 139 cm³/mol. The Morgan fingerprint density at radius 3 is 2.54 bits per heavy atom. The number of nitrogens with zero attached hydrogens (tertiary/aromatic N) is 4. The summed E-state index contributed by atoms with van der Waals surface area (Å²) < 4.78 is 7.69. The molecule has 0 aliphatic rings. The smallest absolute Gasteiger partial charge is 0.311 e. The molecule has 178 valence electrons. The highest BCUT2D eigenvalue weighted by Gasteiger charge is 2.23. The third-order valence-electron chi connectivity index (χ3n) is 5.22. The minimum atomic E-state index is -0.500. The Morgan fingerprint density at radius 1 is 1.11 bits per heavy atom.